The van der Waals surface area contributed by atoms with Crippen LogP contribution in [0.15, 0.2) is 28.7 Å². The van der Waals surface area contributed by atoms with Crippen LogP contribution in [0.25, 0.3) is 0 Å². The zero-order valence-corrected chi connectivity index (χ0v) is 18.3. The summed E-state index contributed by atoms with van der Waals surface area (Å²) in [6, 6.07) is 8.01. The molecule has 2 amide bonds. The molecule has 6 nitrogen and oxygen atoms in total. The smallest absolute Gasteiger partial charge is 0.236 e. The van der Waals surface area contributed by atoms with E-state index in [0.717, 1.165) is 62.1 Å². The second-order valence-corrected chi connectivity index (χ2v) is 8.75. The van der Waals surface area contributed by atoms with Crippen molar-refractivity contribution in [3.8, 4) is 0 Å². The Morgan fingerprint density at radius 1 is 0.929 bits per heavy atom. The molecule has 0 radical (unpaired) electrons. The molecular weight excluding hydrogens is 420 g/mol. The van der Waals surface area contributed by atoms with Crippen LogP contribution in [0.4, 0.5) is 0 Å². The molecule has 0 spiro atoms. The van der Waals surface area contributed by atoms with Crippen LogP contribution in [0.5, 0.6) is 0 Å². The van der Waals surface area contributed by atoms with Gasteiger partial charge in [0.25, 0.3) is 0 Å². The standard InChI is InChI=1S/C21H31BrN4O2/c1-17(18-5-7-19(22)8-6-18)23-20(27)15-24-11-13-25(14-12-24)16-21(28)26-9-3-2-4-10-26/h5-8,17H,2-4,9-16H2,1H3,(H,23,27). The maximum Gasteiger partial charge on any atom is 0.236 e. The van der Waals surface area contributed by atoms with Crippen LogP contribution in [0.2, 0.25) is 0 Å². The average molecular weight is 451 g/mol. The largest absolute Gasteiger partial charge is 0.348 e. The van der Waals surface area contributed by atoms with Crippen molar-refractivity contribution in [2.24, 2.45) is 0 Å². The van der Waals surface area contributed by atoms with E-state index in [1.165, 1.54) is 6.42 Å². The lowest BCUT2D eigenvalue weighted by Crippen LogP contribution is -2.52. The summed E-state index contributed by atoms with van der Waals surface area (Å²) in [6.07, 6.45) is 3.51. The molecule has 1 atom stereocenters. The van der Waals surface area contributed by atoms with Gasteiger partial charge in [-0.25, -0.2) is 0 Å². The predicted octanol–water partition coefficient (Wildman–Crippen LogP) is 2.26. The van der Waals surface area contributed by atoms with Gasteiger partial charge in [0, 0.05) is 43.7 Å². The first kappa shape index (κ1) is 21.3. The van der Waals surface area contributed by atoms with Gasteiger partial charge in [-0.2, -0.15) is 0 Å². The maximum atomic E-state index is 12.4. The number of carbonyl (C=O) groups is 2. The molecule has 2 heterocycles. The molecule has 7 heteroatoms. The van der Waals surface area contributed by atoms with Gasteiger partial charge in [0.15, 0.2) is 0 Å². The van der Waals surface area contributed by atoms with Gasteiger partial charge in [-0.1, -0.05) is 28.1 Å². The van der Waals surface area contributed by atoms with Gasteiger partial charge in [-0.15, -0.1) is 0 Å². The molecule has 0 bridgehead atoms. The molecular formula is C21H31BrN4O2. The molecule has 2 aliphatic heterocycles. The lowest BCUT2D eigenvalue weighted by Gasteiger charge is -2.35. The molecule has 2 aliphatic rings. The number of carbonyl (C=O) groups excluding carboxylic acids is 2. The van der Waals surface area contributed by atoms with E-state index in [9.17, 15) is 9.59 Å². The molecule has 2 fully saturated rings. The van der Waals surface area contributed by atoms with Crippen molar-refractivity contribution in [2.75, 3.05) is 52.4 Å². The van der Waals surface area contributed by atoms with Crippen LogP contribution < -0.4 is 5.32 Å². The Hall–Kier alpha value is -1.44. The number of hydrogen-bond acceptors (Lipinski definition) is 4. The van der Waals surface area contributed by atoms with Crippen LogP contribution in [0.3, 0.4) is 0 Å². The minimum Gasteiger partial charge on any atom is -0.348 e. The van der Waals surface area contributed by atoms with Gasteiger partial charge in [0.05, 0.1) is 19.1 Å². The lowest BCUT2D eigenvalue weighted by atomic mass is 10.1. The number of piperazine rings is 1. The molecule has 3 rings (SSSR count). The average Bonchev–Trinajstić information content (AvgIpc) is 2.70. The van der Waals surface area contributed by atoms with Crippen molar-refractivity contribution >= 4 is 27.7 Å². The number of nitrogens with zero attached hydrogens (tertiary/aromatic N) is 3. The van der Waals surface area contributed by atoms with E-state index in [0.29, 0.717) is 13.1 Å². The quantitative estimate of drug-likeness (QED) is 0.721. The number of rotatable bonds is 6. The number of nitrogens with one attached hydrogen (secondary N) is 1. The number of piperidine rings is 1. The molecule has 154 valence electrons. The van der Waals surface area contributed by atoms with Gasteiger partial charge >= 0.3 is 0 Å². The van der Waals surface area contributed by atoms with E-state index >= 15 is 0 Å². The van der Waals surface area contributed by atoms with E-state index in [1.54, 1.807) is 0 Å². The van der Waals surface area contributed by atoms with E-state index in [-0.39, 0.29) is 17.9 Å². The Labute approximate surface area is 176 Å². The highest BCUT2D eigenvalue weighted by Gasteiger charge is 2.24. The fourth-order valence-electron chi connectivity index (χ4n) is 3.87. The molecule has 28 heavy (non-hydrogen) atoms. The van der Waals surface area contributed by atoms with Crippen molar-refractivity contribution in [3.05, 3.63) is 34.3 Å². The zero-order chi connectivity index (χ0) is 19.9. The summed E-state index contributed by atoms with van der Waals surface area (Å²) in [7, 11) is 0. The predicted molar refractivity (Wildman–Crippen MR) is 114 cm³/mol. The summed E-state index contributed by atoms with van der Waals surface area (Å²) >= 11 is 3.43. The second-order valence-electron chi connectivity index (χ2n) is 7.83. The fourth-order valence-corrected chi connectivity index (χ4v) is 4.13. The summed E-state index contributed by atoms with van der Waals surface area (Å²) in [5.41, 5.74) is 1.09. The molecule has 1 unspecified atom stereocenters. The van der Waals surface area contributed by atoms with Crippen molar-refractivity contribution in [2.45, 2.75) is 32.2 Å². The van der Waals surface area contributed by atoms with Crippen LogP contribution in [-0.4, -0.2) is 78.9 Å². The van der Waals surface area contributed by atoms with E-state index in [2.05, 4.69) is 31.0 Å². The highest BCUT2D eigenvalue weighted by atomic mass is 79.9. The third kappa shape index (κ3) is 6.29. The van der Waals surface area contributed by atoms with E-state index in [1.807, 2.05) is 36.1 Å². The molecule has 1 aromatic rings. The van der Waals surface area contributed by atoms with Gasteiger partial charge in [-0.05, 0) is 43.9 Å². The molecule has 0 saturated carbocycles. The summed E-state index contributed by atoms with van der Waals surface area (Å²) < 4.78 is 1.03. The Kier molecular flexibility index (Phi) is 7.88. The first-order valence-electron chi connectivity index (χ1n) is 10.3. The lowest BCUT2D eigenvalue weighted by molar-refractivity contribution is -0.134. The number of benzene rings is 1. The summed E-state index contributed by atoms with van der Waals surface area (Å²) in [5, 5.41) is 3.08. The van der Waals surface area contributed by atoms with E-state index in [4.69, 9.17) is 0 Å². The Bertz CT molecular complexity index is 653. The molecule has 1 aromatic carbocycles. The maximum absolute atomic E-state index is 12.4. The molecule has 1 N–H and O–H groups in total. The van der Waals surface area contributed by atoms with Crippen LogP contribution in [-0.2, 0) is 9.59 Å². The fraction of sp³-hybridized carbons (Fsp3) is 0.619. The van der Waals surface area contributed by atoms with Gasteiger partial charge < -0.3 is 10.2 Å². The van der Waals surface area contributed by atoms with Crippen molar-refractivity contribution in [3.63, 3.8) is 0 Å². The first-order valence-corrected chi connectivity index (χ1v) is 11.1. The van der Waals surface area contributed by atoms with Crippen LogP contribution >= 0.6 is 15.9 Å². The minimum absolute atomic E-state index is 0.0101. The van der Waals surface area contributed by atoms with E-state index < -0.39 is 0 Å². The summed E-state index contributed by atoms with van der Waals surface area (Å²) in [6.45, 7) is 8.09. The third-order valence-electron chi connectivity index (χ3n) is 5.65. The van der Waals surface area contributed by atoms with Gasteiger partial charge in [0.1, 0.15) is 0 Å². The monoisotopic (exact) mass is 450 g/mol. The van der Waals surface area contributed by atoms with Gasteiger partial charge in [-0.3, -0.25) is 19.4 Å². The van der Waals surface area contributed by atoms with Crippen molar-refractivity contribution in [1.29, 1.82) is 0 Å². The summed E-state index contributed by atoms with van der Waals surface area (Å²) in [4.78, 5) is 31.2. The van der Waals surface area contributed by atoms with Gasteiger partial charge in [0.2, 0.25) is 11.8 Å². The number of amides is 2. The number of likely N-dealkylation sites (tertiary alicyclic amines) is 1. The first-order chi connectivity index (χ1) is 13.5. The third-order valence-corrected chi connectivity index (χ3v) is 6.18. The normalized spacial score (nSPS) is 20.0. The van der Waals surface area contributed by atoms with Crippen molar-refractivity contribution < 1.29 is 9.59 Å². The Morgan fingerprint density at radius 3 is 2.11 bits per heavy atom. The second kappa shape index (κ2) is 10.4. The topological polar surface area (TPSA) is 55.9 Å². The SMILES string of the molecule is CC(NC(=O)CN1CCN(CC(=O)N2CCCCC2)CC1)c1ccc(Br)cc1. The Morgan fingerprint density at radius 2 is 1.50 bits per heavy atom. The summed E-state index contributed by atoms with van der Waals surface area (Å²) in [5.74, 6) is 0.308. The highest BCUT2D eigenvalue weighted by Crippen LogP contribution is 2.16. The highest BCUT2D eigenvalue weighted by molar-refractivity contribution is 9.10. The minimum atomic E-state index is -0.0101. The van der Waals surface area contributed by atoms with Crippen LogP contribution in [0.1, 0.15) is 37.8 Å². The number of hydrogen-bond donors (Lipinski definition) is 1. The zero-order valence-electron chi connectivity index (χ0n) is 16.7. The van der Waals surface area contributed by atoms with Crippen molar-refractivity contribution in [1.82, 2.24) is 20.0 Å². The number of halogens is 1. The van der Waals surface area contributed by atoms with Crippen LogP contribution in [0, 0.1) is 0 Å². The molecule has 0 aliphatic carbocycles. The molecule has 2 saturated heterocycles. The Balaban J connectivity index is 1.37. The molecule has 0 aromatic heterocycles.